The zero-order chi connectivity index (χ0) is 18.9. The molecule has 1 atom stereocenters. The standard InChI is InChI=1S/C22H24N6/c1-16-14-17-6-2-3-7-20(17)28(16)21-15-23-26-22(25-21)24-18-8-10-19(11-9-18)27-12-4-5-13-27/h2-3,6-11,15-16H,4-5,12-14H2,1H3,(H,24,25,26). The first-order valence-corrected chi connectivity index (χ1v) is 9.97. The van der Waals surface area contributed by atoms with Gasteiger partial charge in [0.05, 0.1) is 6.20 Å². The van der Waals surface area contributed by atoms with Gasteiger partial charge in [-0.1, -0.05) is 18.2 Å². The van der Waals surface area contributed by atoms with Gasteiger partial charge in [0, 0.05) is 36.2 Å². The Kier molecular flexibility index (Phi) is 4.31. The predicted molar refractivity (Wildman–Crippen MR) is 113 cm³/mol. The molecular weight excluding hydrogens is 348 g/mol. The maximum atomic E-state index is 4.73. The maximum absolute atomic E-state index is 4.73. The highest BCUT2D eigenvalue weighted by atomic mass is 15.3. The summed E-state index contributed by atoms with van der Waals surface area (Å²) in [6.45, 7) is 4.51. The molecule has 3 heterocycles. The molecule has 2 aromatic carbocycles. The third kappa shape index (κ3) is 3.15. The van der Waals surface area contributed by atoms with Crippen LogP contribution in [-0.2, 0) is 6.42 Å². The topological polar surface area (TPSA) is 57.2 Å². The van der Waals surface area contributed by atoms with Crippen molar-refractivity contribution in [1.29, 1.82) is 0 Å². The van der Waals surface area contributed by atoms with E-state index >= 15 is 0 Å². The summed E-state index contributed by atoms with van der Waals surface area (Å²) >= 11 is 0. The lowest BCUT2D eigenvalue weighted by molar-refractivity contribution is 0.745. The average Bonchev–Trinajstić information content (AvgIpc) is 3.36. The van der Waals surface area contributed by atoms with E-state index in [1.54, 1.807) is 6.20 Å². The zero-order valence-electron chi connectivity index (χ0n) is 16.0. The van der Waals surface area contributed by atoms with Gasteiger partial charge >= 0.3 is 0 Å². The van der Waals surface area contributed by atoms with Crippen molar-refractivity contribution < 1.29 is 0 Å². The van der Waals surface area contributed by atoms with Crippen LogP contribution in [0.1, 0.15) is 25.3 Å². The van der Waals surface area contributed by atoms with Crippen LogP contribution in [0.3, 0.4) is 0 Å². The van der Waals surface area contributed by atoms with E-state index in [-0.39, 0.29) is 0 Å². The van der Waals surface area contributed by atoms with E-state index in [1.807, 2.05) is 0 Å². The van der Waals surface area contributed by atoms with Gasteiger partial charge in [0.1, 0.15) is 0 Å². The van der Waals surface area contributed by atoms with E-state index in [0.717, 1.165) is 31.0 Å². The summed E-state index contributed by atoms with van der Waals surface area (Å²) in [6.07, 6.45) is 5.32. The molecule has 0 aliphatic carbocycles. The monoisotopic (exact) mass is 372 g/mol. The van der Waals surface area contributed by atoms with Gasteiger partial charge in [0.15, 0.2) is 5.82 Å². The minimum Gasteiger partial charge on any atom is -0.372 e. The Morgan fingerprint density at radius 3 is 2.61 bits per heavy atom. The Bertz CT molecular complexity index is 965. The van der Waals surface area contributed by atoms with Crippen LogP contribution in [0.5, 0.6) is 0 Å². The Labute approximate surface area is 165 Å². The molecular formula is C22H24N6. The van der Waals surface area contributed by atoms with Crippen molar-refractivity contribution in [3.63, 3.8) is 0 Å². The molecule has 5 rings (SSSR count). The molecule has 1 N–H and O–H groups in total. The van der Waals surface area contributed by atoms with Crippen molar-refractivity contribution in [2.45, 2.75) is 32.2 Å². The summed E-state index contributed by atoms with van der Waals surface area (Å²) in [4.78, 5) is 9.40. The van der Waals surface area contributed by atoms with Gasteiger partial charge in [-0.15, -0.1) is 5.10 Å². The van der Waals surface area contributed by atoms with Gasteiger partial charge in [-0.05, 0) is 62.1 Å². The fourth-order valence-electron chi connectivity index (χ4n) is 4.24. The Morgan fingerprint density at radius 2 is 1.79 bits per heavy atom. The second-order valence-electron chi connectivity index (χ2n) is 7.56. The van der Waals surface area contributed by atoms with E-state index in [0.29, 0.717) is 12.0 Å². The van der Waals surface area contributed by atoms with Crippen LogP contribution in [0.25, 0.3) is 0 Å². The van der Waals surface area contributed by atoms with Crippen molar-refractivity contribution >= 4 is 28.8 Å². The van der Waals surface area contributed by atoms with Gasteiger partial charge < -0.3 is 15.1 Å². The number of anilines is 5. The van der Waals surface area contributed by atoms with Gasteiger partial charge in [-0.2, -0.15) is 10.1 Å². The third-order valence-corrected chi connectivity index (χ3v) is 5.59. The molecule has 0 radical (unpaired) electrons. The molecule has 1 aromatic heterocycles. The first-order chi connectivity index (χ1) is 13.8. The Hall–Kier alpha value is -3.15. The molecule has 1 unspecified atom stereocenters. The Balaban J connectivity index is 1.36. The predicted octanol–water partition coefficient (Wildman–Crippen LogP) is 4.30. The summed E-state index contributed by atoms with van der Waals surface area (Å²) in [6, 6.07) is 17.3. The highest BCUT2D eigenvalue weighted by molar-refractivity contribution is 5.69. The maximum Gasteiger partial charge on any atom is 0.249 e. The lowest BCUT2D eigenvalue weighted by atomic mass is 10.1. The van der Waals surface area contributed by atoms with Gasteiger partial charge in [0.25, 0.3) is 0 Å². The average molecular weight is 372 g/mol. The highest BCUT2D eigenvalue weighted by Gasteiger charge is 2.28. The van der Waals surface area contributed by atoms with Crippen LogP contribution in [0, 0.1) is 0 Å². The Morgan fingerprint density at radius 1 is 1.00 bits per heavy atom. The number of para-hydroxylation sites is 1. The van der Waals surface area contributed by atoms with Gasteiger partial charge in [-0.25, -0.2) is 0 Å². The number of benzene rings is 2. The SMILES string of the molecule is CC1Cc2ccccc2N1c1cnnc(Nc2ccc(N3CCCC3)cc2)n1. The molecule has 6 nitrogen and oxygen atoms in total. The van der Waals surface area contributed by atoms with E-state index in [1.165, 1.54) is 29.8 Å². The quantitative estimate of drug-likeness (QED) is 0.737. The second kappa shape index (κ2) is 7.11. The normalized spacial score (nSPS) is 18.4. The summed E-state index contributed by atoms with van der Waals surface area (Å²) < 4.78 is 0. The molecule has 142 valence electrons. The number of nitrogens with zero attached hydrogens (tertiary/aromatic N) is 5. The largest absolute Gasteiger partial charge is 0.372 e. The molecule has 1 fully saturated rings. The van der Waals surface area contributed by atoms with Crippen molar-refractivity contribution in [3.05, 3.63) is 60.3 Å². The van der Waals surface area contributed by atoms with E-state index in [4.69, 9.17) is 4.98 Å². The number of hydrogen-bond acceptors (Lipinski definition) is 6. The summed E-state index contributed by atoms with van der Waals surface area (Å²) in [5, 5.41) is 11.7. The molecule has 0 saturated carbocycles. The van der Waals surface area contributed by atoms with Crippen LogP contribution < -0.4 is 15.1 Å². The van der Waals surface area contributed by atoms with Crippen LogP contribution in [-0.4, -0.2) is 34.3 Å². The minimum absolute atomic E-state index is 0.349. The lowest BCUT2D eigenvalue weighted by Crippen LogP contribution is -2.25. The summed E-state index contributed by atoms with van der Waals surface area (Å²) in [7, 11) is 0. The fraction of sp³-hybridized carbons (Fsp3) is 0.318. The molecule has 0 spiro atoms. The summed E-state index contributed by atoms with van der Waals surface area (Å²) in [5.74, 6) is 1.34. The molecule has 3 aromatic rings. The number of rotatable bonds is 4. The van der Waals surface area contributed by atoms with E-state index in [2.05, 4.69) is 80.8 Å². The first kappa shape index (κ1) is 17.0. The molecule has 2 aliphatic heterocycles. The van der Waals surface area contributed by atoms with Crippen molar-refractivity contribution in [3.8, 4) is 0 Å². The highest BCUT2D eigenvalue weighted by Crippen LogP contribution is 2.37. The molecule has 0 amide bonds. The molecule has 0 bridgehead atoms. The number of aromatic nitrogens is 3. The van der Waals surface area contributed by atoms with E-state index in [9.17, 15) is 0 Å². The van der Waals surface area contributed by atoms with Crippen molar-refractivity contribution in [2.75, 3.05) is 28.2 Å². The third-order valence-electron chi connectivity index (χ3n) is 5.59. The van der Waals surface area contributed by atoms with Crippen LogP contribution in [0.2, 0.25) is 0 Å². The second-order valence-corrected chi connectivity index (χ2v) is 7.56. The van der Waals surface area contributed by atoms with Crippen LogP contribution >= 0.6 is 0 Å². The minimum atomic E-state index is 0.349. The molecule has 2 aliphatic rings. The number of hydrogen-bond donors (Lipinski definition) is 1. The molecule has 28 heavy (non-hydrogen) atoms. The van der Waals surface area contributed by atoms with E-state index < -0.39 is 0 Å². The summed E-state index contributed by atoms with van der Waals surface area (Å²) in [5.41, 5.74) is 4.80. The molecule has 1 saturated heterocycles. The van der Waals surface area contributed by atoms with Crippen molar-refractivity contribution in [2.24, 2.45) is 0 Å². The molecule has 6 heteroatoms. The van der Waals surface area contributed by atoms with Gasteiger partial charge in [-0.3, -0.25) is 0 Å². The van der Waals surface area contributed by atoms with Crippen LogP contribution in [0.4, 0.5) is 28.8 Å². The first-order valence-electron chi connectivity index (χ1n) is 9.97. The van der Waals surface area contributed by atoms with Crippen molar-refractivity contribution in [1.82, 2.24) is 15.2 Å². The fourth-order valence-corrected chi connectivity index (χ4v) is 4.24. The number of nitrogens with one attached hydrogen (secondary N) is 1. The van der Waals surface area contributed by atoms with Crippen LogP contribution in [0.15, 0.2) is 54.7 Å². The lowest BCUT2D eigenvalue weighted by Gasteiger charge is -2.23. The zero-order valence-corrected chi connectivity index (χ0v) is 16.0. The van der Waals surface area contributed by atoms with Gasteiger partial charge in [0.2, 0.25) is 5.95 Å². The number of fused-ring (bicyclic) bond motifs is 1. The smallest absolute Gasteiger partial charge is 0.249 e.